The van der Waals surface area contributed by atoms with Gasteiger partial charge in [0.15, 0.2) is 5.82 Å². The van der Waals surface area contributed by atoms with Gasteiger partial charge in [0.25, 0.3) is 0 Å². The Labute approximate surface area is 157 Å². The summed E-state index contributed by atoms with van der Waals surface area (Å²) in [6.07, 6.45) is 0. The first-order valence-electron chi connectivity index (χ1n) is 7.74. The Morgan fingerprint density at radius 1 is 1.07 bits per heavy atom. The first-order chi connectivity index (χ1) is 13.1. The van der Waals surface area contributed by atoms with Crippen LogP contribution in [0.1, 0.15) is 11.3 Å². The molecule has 0 aliphatic heterocycles. The zero-order valence-electron chi connectivity index (χ0n) is 13.7. The molecule has 4 N–H and O–H groups in total. The highest BCUT2D eigenvalue weighted by Gasteiger charge is 2.19. The van der Waals surface area contributed by atoms with Gasteiger partial charge in [0, 0.05) is 16.3 Å². The third-order valence-corrected chi connectivity index (χ3v) is 3.93. The maximum atomic E-state index is 9.52. The molecule has 0 aliphatic rings. The van der Waals surface area contributed by atoms with Gasteiger partial charge < -0.3 is 16.3 Å². The predicted octanol–water partition coefficient (Wildman–Crippen LogP) is 2.83. The fourth-order valence-corrected chi connectivity index (χ4v) is 2.68. The summed E-state index contributed by atoms with van der Waals surface area (Å²) in [7, 11) is 0. The SMILES string of the molecule is N/N=C(\c1ccc(O)cc1)c1nc2nonc2nc1Nc1cccc(Cl)c1. The Hall–Kier alpha value is -3.72. The summed E-state index contributed by atoms with van der Waals surface area (Å²) in [5, 5.41) is 24.5. The van der Waals surface area contributed by atoms with E-state index in [1.807, 2.05) is 6.07 Å². The van der Waals surface area contributed by atoms with E-state index in [0.717, 1.165) is 0 Å². The van der Waals surface area contributed by atoms with Gasteiger partial charge in [-0.3, -0.25) is 0 Å². The Bertz CT molecular complexity index is 1140. The molecule has 0 amide bonds. The Balaban J connectivity index is 1.85. The van der Waals surface area contributed by atoms with Crippen LogP contribution in [0.15, 0.2) is 58.3 Å². The van der Waals surface area contributed by atoms with Crippen LogP contribution in [0.3, 0.4) is 0 Å². The van der Waals surface area contributed by atoms with Gasteiger partial charge in [-0.05, 0) is 52.8 Å². The molecule has 10 heteroatoms. The van der Waals surface area contributed by atoms with Crippen molar-refractivity contribution in [3.63, 3.8) is 0 Å². The number of hydrogen-bond acceptors (Lipinski definition) is 9. The lowest BCUT2D eigenvalue weighted by Gasteiger charge is -2.12. The van der Waals surface area contributed by atoms with Crippen molar-refractivity contribution in [1.82, 2.24) is 20.3 Å². The zero-order chi connectivity index (χ0) is 18.8. The van der Waals surface area contributed by atoms with Crippen LogP contribution in [-0.4, -0.2) is 31.1 Å². The van der Waals surface area contributed by atoms with Gasteiger partial charge in [-0.25, -0.2) is 14.6 Å². The van der Waals surface area contributed by atoms with Crippen LogP contribution in [0, 0.1) is 0 Å². The van der Waals surface area contributed by atoms with Crippen molar-refractivity contribution in [2.24, 2.45) is 10.9 Å². The predicted molar refractivity (Wildman–Crippen MR) is 100 cm³/mol. The number of aromatic hydroxyl groups is 1. The molecular weight excluding hydrogens is 370 g/mol. The Morgan fingerprint density at radius 2 is 1.81 bits per heavy atom. The van der Waals surface area contributed by atoms with Gasteiger partial charge in [-0.1, -0.05) is 17.7 Å². The number of nitrogens with zero attached hydrogens (tertiary/aromatic N) is 5. The summed E-state index contributed by atoms with van der Waals surface area (Å²) in [6.45, 7) is 0. The third-order valence-electron chi connectivity index (χ3n) is 3.70. The molecule has 0 saturated heterocycles. The highest BCUT2D eigenvalue weighted by atomic mass is 35.5. The number of phenols is 1. The summed E-state index contributed by atoms with van der Waals surface area (Å²) >= 11 is 6.05. The van der Waals surface area contributed by atoms with E-state index in [-0.39, 0.29) is 17.0 Å². The minimum atomic E-state index is 0.120. The van der Waals surface area contributed by atoms with Gasteiger partial charge in [0.2, 0.25) is 11.3 Å². The van der Waals surface area contributed by atoms with Crippen LogP contribution in [-0.2, 0) is 0 Å². The summed E-state index contributed by atoms with van der Waals surface area (Å²) in [6, 6.07) is 13.5. The lowest BCUT2D eigenvalue weighted by atomic mass is 10.1. The summed E-state index contributed by atoms with van der Waals surface area (Å²) < 4.78 is 4.70. The average molecular weight is 382 g/mol. The van der Waals surface area contributed by atoms with Gasteiger partial charge in [0.05, 0.1) is 0 Å². The molecule has 0 fully saturated rings. The largest absolute Gasteiger partial charge is 0.508 e. The standard InChI is InChI=1S/C17H12ClN7O2/c18-10-2-1-3-11(8-10)20-15-14(21-16-17(22-15)25-27-24-16)13(23-19)9-4-6-12(26)7-5-9/h1-8,26H,19H2,(H,20,22,25)/b23-13+. The summed E-state index contributed by atoms with van der Waals surface area (Å²) in [5.41, 5.74) is 2.45. The number of rotatable bonds is 4. The first-order valence-corrected chi connectivity index (χ1v) is 8.12. The van der Waals surface area contributed by atoms with Crippen LogP contribution in [0.4, 0.5) is 11.5 Å². The lowest BCUT2D eigenvalue weighted by molar-refractivity contribution is 0.314. The number of nitrogens with one attached hydrogen (secondary N) is 1. The van der Waals surface area contributed by atoms with Crippen LogP contribution in [0.2, 0.25) is 5.02 Å². The van der Waals surface area contributed by atoms with Crippen LogP contribution < -0.4 is 11.2 Å². The number of phenolic OH excluding ortho intramolecular Hbond substituents is 1. The Morgan fingerprint density at radius 3 is 2.52 bits per heavy atom. The first kappa shape index (κ1) is 16.7. The molecule has 0 spiro atoms. The van der Waals surface area contributed by atoms with E-state index in [4.69, 9.17) is 22.1 Å². The molecule has 2 aromatic carbocycles. The van der Waals surface area contributed by atoms with Crippen molar-refractivity contribution < 1.29 is 9.74 Å². The molecule has 0 bridgehead atoms. The second-order valence-electron chi connectivity index (χ2n) is 5.49. The highest BCUT2D eigenvalue weighted by Crippen LogP contribution is 2.25. The second kappa shape index (κ2) is 6.89. The molecular formula is C17H12ClN7O2. The summed E-state index contributed by atoms with van der Waals surface area (Å²) in [5.74, 6) is 6.10. The molecule has 2 heterocycles. The van der Waals surface area contributed by atoms with Gasteiger partial charge in [0.1, 0.15) is 17.2 Å². The fraction of sp³-hybridized carbons (Fsp3) is 0. The molecule has 4 aromatic rings. The smallest absolute Gasteiger partial charge is 0.245 e. The van der Waals surface area contributed by atoms with Crippen molar-refractivity contribution in [3.8, 4) is 5.75 Å². The van der Waals surface area contributed by atoms with E-state index in [2.05, 4.69) is 30.7 Å². The van der Waals surface area contributed by atoms with E-state index in [1.165, 1.54) is 12.1 Å². The Kier molecular flexibility index (Phi) is 4.27. The normalized spacial score (nSPS) is 11.7. The van der Waals surface area contributed by atoms with Gasteiger partial charge >= 0.3 is 0 Å². The topological polar surface area (TPSA) is 135 Å². The molecule has 2 aromatic heterocycles. The van der Waals surface area contributed by atoms with E-state index >= 15 is 0 Å². The lowest BCUT2D eigenvalue weighted by Crippen LogP contribution is -2.13. The van der Waals surface area contributed by atoms with Gasteiger partial charge in [-0.2, -0.15) is 5.10 Å². The maximum Gasteiger partial charge on any atom is 0.245 e. The number of nitrogens with two attached hydrogens (primary N) is 1. The van der Waals surface area contributed by atoms with Crippen molar-refractivity contribution >= 4 is 40.1 Å². The number of benzene rings is 2. The molecule has 27 heavy (non-hydrogen) atoms. The number of fused-ring (bicyclic) bond motifs is 1. The zero-order valence-corrected chi connectivity index (χ0v) is 14.4. The van der Waals surface area contributed by atoms with Crippen molar-refractivity contribution in [1.29, 1.82) is 0 Å². The quantitative estimate of drug-likeness (QED) is 0.279. The monoisotopic (exact) mass is 381 g/mol. The molecule has 0 atom stereocenters. The van der Waals surface area contributed by atoms with Crippen LogP contribution in [0.25, 0.3) is 11.3 Å². The van der Waals surface area contributed by atoms with E-state index < -0.39 is 0 Å². The van der Waals surface area contributed by atoms with Gasteiger partial charge in [-0.15, -0.1) is 0 Å². The minimum Gasteiger partial charge on any atom is -0.508 e. The van der Waals surface area contributed by atoms with E-state index in [0.29, 0.717) is 33.5 Å². The van der Waals surface area contributed by atoms with Crippen molar-refractivity contribution in [2.75, 3.05) is 5.32 Å². The third kappa shape index (κ3) is 3.35. The molecule has 0 aliphatic carbocycles. The second-order valence-corrected chi connectivity index (χ2v) is 5.93. The molecule has 0 radical (unpaired) electrons. The molecule has 4 rings (SSSR count). The average Bonchev–Trinajstić information content (AvgIpc) is 3.11. The highest BCUT2D eigenvalue weighted by molar-refractivity contribution is 6.30. The van der Waals surface area contributed by atoms with Crippen molar-refractivity contribution in [3.05, 3.63) is 64.8 Å². The molecule has 9 nitrogen and oxygen atoms in total. The molecule has 0 unspecified atom stereocenters. The van der Waals surface area contributed by atoms with Crippen molar-refractivity contribution in [2.45, 2.75) is 0 Å². The van der Waals surface area contributed by atoms with Crippen LogP contribution >= 0.6 is 11.6 Å². The number of halogens is 1. The van der Waals surface area contributed by atoms with E-state index in [9.17, 15) is 5.11 Å². The number of hydrazone groups is 1. The minimum absolute atomic E-state index is 0.120. The molecule has 0 saturated carbocycles. The molecule has 134 valence electrons. The van der Waals surface area contributed by atoms with Crippen LogP contribution in [0.5, 0.6) is 5.75 Å². The number of anilines is 2. The number of aromatic nitrogens is 4. The number of hydrogen-bond donors (Lipinski definition) is 3. The maximum absolute atomic E-state index is 9.52. The summed E-state index contributed by atoms with van der Waals surface area (Å²) in [4.78, 5) is 8.83. The van der Waals surface area contributed by atoms with E-state index in [1.54, 1.807) is 30.3 Å². The fourth-order valence-electron chi connectivity index (χ4n) is 2.48.